The van der Waals surface area contributed by atoms with Gasteiger partial charge in [-0.15, -0.1) is 11.3 Å². The van der Waals surface area contributed by atoms with Crippen molar-refractivity contribution < 1.29 is 9.72 Å². The molecule has 5 rings (SSSR count). The summed E-state index contributed by atoms with van der Waals surface area (Å²) < 4.78 is 0.271. The van der Waals surface area contributed by atoms with Crippen LogP contribution >= 0.6 is 34.3 Å². The molecular formula is C21H17ClN4O4S2. The van der Waals surface area contributed by atoms with Gasteiger partial charge < -0.3 is 4.90 Å². The third-order valence-electron chi connectivity index (χ3n) is 6.24. The second kappa shape index (κ2) is 7.72. The van der Waals surface area contributed by atoms with E-state index in [0.717, 1.165) is 21.9 Å². The minimum absolute atomic E-state index is 0.0823. The van der Waals surface area contributed by atoms with Gasteiger partial charge >= 0.3 is 0 Å². The van der Waals surface area contributed by atoms with Crippen molar-refractivity contribution >= 4 is 66.8 Å². The first-order chi connectivity index (χ1) is 15.3. The summed E-state index contributed by atoms with van der Waals surface area (Å²) in [6.45, 7) is 2.61. The molecule has 0 bridgehead atoms. The molecule has 0 saturated carbocycles. The molecule has 1 amide bonds. The summed E-state index contributed by atoms with van der Waals surface area (Å²) in [6.07, 6.45) is 1.80. The van der Waals surface area contributed by atoms with Gasteiger partial charge in [0.05, 0.1) is 26.5 Å². The molecular weight excluding hydrogens is 472 g/mol. The van der Waals surface area contributed by atoms with Crippen LogP contribution in [0.4, 0.5) is 10.8 Å². The maximum atomic E-state index is 12.8. The molecule has 0 N–H and O–H groups in total. The highest BCUT2D eigenvalue weighted by molar-refractivity contribution is 7.22. The van der Waals surface area contributed by atoms with Crippen LogP contribution in [0.5, 0.6) is 0 Å². The Morgan fingerprint density at radius 2 is 2.03 bits per heavy atom. The lowest BCUT2D eigenvalue weighted by molar-refractivity contribution is -0.383. The van der Waals surface area contributed by atoms with Crippen molar-refractivity contribution in [1.82, 2.24) is 4.98 Å². The number of carbonyl (C=O) groups excluding carboxylic acids is 1. The number of piperidine rings is 1. The maximum absolute atomic E-state index is 12.8. The molecule has 8 nitrogen and oxygen atoms in total. The van der Waals surface area contributed by atoms with Gasteiger partial charge in [-0.1, -0.05) is 29.0 Å². The fourth-order valence-corrected chi connectivity index (χ4v) is 6.49. The van der Waals surface area contributed by atoms with Gasteiger partial charge in [0.2, 0.25) is 0 Å². The van der Waals surface area contributed by atoms with Crippen molar-refractivity contribution in [2.45, 2.75) is 26.2 Å². The van der Waals surface area contributed by atoms with E-state index in [4.69, 9.17) is 11.6 Å². The zero-order chi connectivity index (χ0) is 22.6. The number of thiophene rings is 1. The van der Waals surface area contributed by atoms with Crippen LogP contribution in [-0.2, 0) is 4.79 Å². The van der Waals surface area contributed by atoms with E-state index in [0.29, 0.717) is 43.0 Å². The van der Waals surface area contributed by atoms with E-state index >= 15 is 0 Å². The van der Waals surface area contributed by atoms with Gasteiger partial charge in [0.25, 0.3) is 17.2 Å². The van der Waals surface area contributed by atoms with Crippen molar-refractivity contribution in [3.8, 4) is 0 Å². The van der Waals surface area contributed by atoms with E-state index in [1.165, 1.54) is 6.07 Å². The largest absolute Gasteiger partial charge is 0.348 e. The smallest absolute Gasteiger partial charge is 0.291 e. The Hall–Kier alpha value is -2.69. The lowest BCUT2D eigenvalue weighted by atomic mass is 9.75. The number of hydrogen-bond acceptors (Lipinski definition) is 8. The van der Waals surface area contributed by atoms with Crippen molar-refractivity contribution in [3.05, 3.63) is 59.5 Å². The molecule has 2 aromatic heterocycles. The predicted molar refractivity (Wildman–Crippen MR) is 127 cm³/mol. The highest BCUT2D eigenvalue weighted by Crippen LogP contribution is 2.44. The van der Waals surface area contributed by atoms with E-state index in [1.807, 2.05) is 22.4 Å². The molecule has 0 aliphatic carbocycles. The molecule has 0 unspecified atom stereocenters. The van der Waals surface area contributed by atoms with Crippen molar-refractivity contribution in [1.29, 1.82) is 0 Å². The highest BCUT2D eigenvalue weighted by Gasteiger charge is 2.46. The number of rotatable bonds is 3. The van der Waals surface area contributed by atoms with Crippen LogP contribution in [0.3, 0.4) is 0 Å². The lowest BCUT2D eigenvalue weighted by Crippen LogP contribution is -2.43. The second-order valence-corrected chi connectivity index (χ2v) is 10.4. The van der Waals surface area contributed by atoms with Crippen LogP contribution in [0.25, 0.3) is 10.1 Å². The predicted octanol–water partition coefficient (Wildman–Crippen LogP) is 4.59. The third-order valence-corrected chi connectivity index (χ3v) is 8.70. The number of aromatic nitrogens is 1. The van der Waals surface area contributed by atoms with Gasteiger partial charge in [-0.3, -0.25) is 19.7 Å². The van der Waals surface area contributed by atoms with Crippen LogP contribution in [0.1, 0.15) is 29.7 Å². The number of fused-ring (bicyclic) bond motifs is 1. The number of halogens is 1. The summed E-state index contributed by atoms with van der Waals surface area (Å²) in [4.78, 5) is 48.1. The Kier molecular flexibility index (Phi) is 5.11. The Morgan fingerprint density at radius 3 is 2.69 bits per heavy atom. The van der Waals surface area contributed by atoms with E-state index in [1.54, 1.807) is 18.3 Å². The summed E-state index contributed by atoms with van der Waals surface area (Å²) in [5.74, 6) is -0.0823. The summed E-state index contributed by atoms with van der Waals surface area (Å²) in [5.41, 5.74) is -0.0569. The molecule has 11 heteroatoms. The molecule has 1 spiro atoms. The molecule has 164 valence electrons. The quantitative estimate of drug-likeness (QED) is 0.394. The summed E-state index contributed by atoms with van der Waals surface area (Å²) >= 11 is 8.80. The SMILES string of the molecule is Cc1c(Cl)cc2c(=O)nc(N3CCC4(CC3)CC(c3cccs3)=NC4=O)sc2c1[N+](=O)[O-]. The Morgan fingerprint density at radius 1 is 1.28 bits per heavy atom. The van der Waals surface area contributed by atoms with Gasteiger partial charge in [0.15, 0.2) is 5.13 Å². The zero-order valence-corrected chi connectivity index (χ0v) is 19.4. The van der Waals surface area contributed by atoms with Crippen LogP contribution in [0.2, 0.25) is 5.02 Å². The first-order valence-corrected chi connectivity index (χ1v) is 12.1. The third kappa shape index (κ3) is 3.33. The van der Waals surface area contributed by atoms with Gasteiger partial charge in [0, 0.05) is 30.0 Å². The number of aliphatic imine (C=N–C) groups is 1. The van der Waals surface area contributed by atoms with E-state index < -0.39 is 15.9 Å². The number of benzene rings is 1. The fourth-order valence-electron chi connectivity index (χ4n) is 4.37. The Balaban J connectivity index is 1.44. The number of carbonyl (C=O) groups is 1. The first-order valence-electron chi connectivity index (χ1n) is 9.98. The molecule has 2 aliphatic heterocycles. The van der Waals surface area contributed by atoms with Crippen LogP contribution in [0.15, 0.2) is 33.4 Å². The Labute approximate surface area is 195 Å². The minimum atomic E-state index is -0.542. The number of nitrogens with zero attached hydrogens (tertiary/aromatic N) is 4. The minimum Gasteiger partial charge on any atom is -0.348 e. The second-order valence-electron chi connectivity index (χ2n) is 8.05. The van der Waals surface area contributed by atoms with Gasteiger partial charge in [0.1, 0.15) is 4.70 Å². The zero-order valence-electron chi connectivity index (χ0n) is 17.0. The van der Waals surface area contributed by atoms with Crippen LogP contribution in [0, 0.1) is 22.5 Å². The average molecular weight is 489 g/mol. The van der Waals surface area contributed by atoms with Crippen LogP contribution in [-0.4, -0.2) is 34.6 Å². The van der Waals surface area contributed by atoms with E-state index in [9.17, 15) is 19.7 Å². The lowest BCUT2D eigenvalue weighted by Gasteiger charge is -2.37. The number of nitro benzene ring substituents is 1. The standard InChI is InChI=1S/C21H17ClN4O4S2/c1-11-13(22)9-12-17(16(11)26(29)30)32-20(24-18(12)27)25-6-4-21(5-7-25)10-14(23-19(21)28)15-3-2-8-31-15/h2-3,8-9H,4-7,10H2,1H3. The Bertz CT molecular complexity index is 1360. The van der Waals surface area contributed by atoms with Gasteiger partial charge in [-0.25, -0.2) is 4.99 Å². The molecule has 0 atom stereocenters. The molecule has 1 aromatic carbocycles. The summed E-state index contributed by atoms with van der Waals surface area (Å²) in [7, 11) is 0. The molecule has 3 aromatic rings. The van der Waals surface area contributed by atoms with Crippen LogP contribution < -0.4 is 10.5 Å². The molecule has 1 saturated heterocycles. The van der Waals surface area contributed by atoms with Gasteiger partial charge in [-0.2, -0.15) is 4.98 Å². The van der Waals surface area contributed by atoms with Crippen molar-refractivity contribution in [2.24, 2.45) is 10.4 Å². The molecule has 32 heavy (non-hydrogen) atoms. The molecule has 2 aliphatic rings. The highest BCUT2D eigenvalue weighted by atomic mass is 35.5. The number of anilines is 1. The first kappa shape index (κ1) is 21.2. The maximum Gasteiger partial charge on any atom is 0.291 e. The number of hydrogen-bond donors (Lipinski definition) is 0. The van der Waals surface area contributed by atoms with Crippen molar-refractivity contribution in [3.63, 3.8) is 0 Å². The number of nitro groups is 1. The fraction of sp³-hybridized carbons (Fsp3) is 0.333. The topological polar surface area (TPSA) is 106 Å². The van der Waals surface area contributed by atoms with Gasteiger partial charge in [-0.05, 0) is 37.3 Å². The van der Waals surface area contributed by atoms with E-state index in [2.05, 4.69) is 9.98 Å². The summed E-state index contributed by atoms with van der Waals surface area (Å²) in [5, 5.41) is 14.4. The summed E-state index contributed by atoms with van der Waals surface area (Å²) in [6, 6.07) is 5.37. The molecule has 4 heterocycles. The van der Waals surface area contributed by atoms with E-state index in [-0.39, 0.29) is 26.7 Å². The number of amides is 1. The molecule has 1 fully saturated rings. The average Bonchev–Trinajstić information content (AvgIpc) is 3.39. The monoisotopic (exact) mass is 488 g/mol. The van der Waals surface area contributed by atoms with Crippen molar-refractivity contribution in [2.75, 3.05) is 18.0 Å². The normalized spacial score (nSPS) is 17.9. The molecule has 0 radical (unpaired) electrons.